The van der Waals surface area contributed by atoms with Crippen molar-refractivity contribution in [1.82, 2.24) is 0 Å². The highest BCUT2D eigenvalue weighted by Crippen LogP contribution is 2.27. The van der Waals surface area contributed by atoms with Crippen molar-refractivity contribution in [2.45, 2.75) is 64.6 Å². The lowest BCUT2D eigenvalue weighted by Crippen LogP contribution is -2.20. The van der Waals surface area contributed by atoms with Gasteiger partial charge in [-0.3, -0.25) is 0 Å². The van der Waals surface area contributed by atoms with E-state index in [0.29, 0.717) is 31.5 Å². The molecule has 1 rings (SSSR count). The van der Waals surface area contributed by atoms with E-state index in [2.05, 4.69) is 6.92 Å². The Balaban J connectivity index is 0.000000331. The molecular weight excluding hydrogens is 232 g/mol. The quantitative estimate of drug-likeness (QED) is 0.433. The number of hydrogen-bond acceptors (Lipinski definition) is 4. The Labute approximate surface area is 111 Å². The second kappa shape index (κ2) is 11.9. The maximum absolute atomic E-state index is 8.82. The van der Waals surface area contributed by atoms with Crippen LogP contribution in [0.1, 0.15) is 58.3 Å². The van der Waals surface area contributed by atoms with Gasteiger partial charge in [-0.2, -0.15) is 0 Å². The van der Waals surface area contributed by atoms with Gasteiger partial charge in [0.05, 0.1) is 0 Å². The van der Waals surface area contributed by atoms with Gasteiger partial charge in [0.15, 0.2) is 6.29 Å². The van der Waals surface area contributed by atoms with Gasteiger partial charge in [0.2, 0.25) is 0 Å². The Hall–Kier alpha value is -0.160. The van der Waals surface area contributed by atoms with E-state index in [1.807, 2.05) is 0 Å². The molecule has 1 aliphatic rings. The average molecular weight is 262 g/mol. The van der Waals surface area contributed by atoms with Gasteiger partial charge >= 0.3 is 0 Å². The molecule has 0 aliphatic heterocycles. The van der Waals surface area contributed by atoms with Crippen LogP contribution in [0.5, 0.6) is 0 Å². The van der Waals surface area contributed by atoms with Crippen molar-refractivity contribution in [1.29, 1.82) is 0 Å². The van der Waals surface area contributed by atoms with Gasteiger partial charge in [0.1, 0.15) is 0 Å². The van der Waals surface area contributed by atoms with Crippen LogP contribution >= 0.6 is 0 Å². The Bertz CT molecular complexity index is 163. The van der Waals surface area contributed by atoms with E-state index in [1.165, 1.54) is 6.42 Å². The predicted molar refractivity (Wildman–Crippen MR) is 72.0 cm³/mol. The Morgan fingerprint density at radius 1 is 1.00 bits per heavy atom. The van der Waals surface area contributed by atoms with Crippen LogP contribution < -0.4 is 0 Å². The second-order valence-electron chi connectivity index (χ2n) is 5.24. The van der Waals surface area contributed by atoms with E-state index < -0.39 is 6.29 Å². The predicted octanol–water partition coefficient (Wildman–Crippen LogP) is 1.65. The topological polar surface area (TPSA) is 80.9 Å². The molecule has 4 nitrogen and oxygen atoms in total. The fraction of sp³-hybridized carbons (Fsp3) is 1.00. The van der Waals surface area contributed by atoms with Gasteiger partial charge in [0, 0.05) is 13.2 Å². The first-order valence-electron chi connectivity index (χ1n) is 7.21. The van der Waals surface area contributed by atoms with E-state index in [0.717, 1.165) is 38.5 Å². The summed E-state index contributed by atoms with van der Waals surface area (Å²) in [5.41, 5.74) is 0. The molecule has 2 atom stereocenters. The van der Waals surface area contributed by atoms with Crippen LogP contribution in [0.15, 0.2) is 0 Å². The molecule has 1 aliphatic carbocycles. The molecule has 0 saturated heterocycles. The Kier molecular flexibility index (Phi) is 11.8. The third-order valence-electron chi connectivity index (χ3n) is 3.47. The summed E-state index contributed by atoms with van der Waals surface area (Å²) in [5.74, 6) is 0.928. The highest BCUT2D eigenvalue weighted by Gasteiger charge is 2.20. The van der Waals surface area contributed by atoms with E-state index >= 15 is 0 Å². The van der Waals surface area contributed by atoms with Gasteiger partial charge in [0.25, 0.3) is 0 Å². The Morgan fingerprint density at radius 2 is 1.56 bits per heavy atom. The lowest BCUT2D eigenvalue weighted by molar-refractivity contribution is -0.0465. The number of aliphatic hydroxyl groups excluding tert-OH is 3. The first-order chi connectivity index (χ1) is 8.63. The largest absolute Gasteiger partial charge is 0.396 e. The minimum absolute atomic E-state index is 0.302. The number of hydrogen-bond donors (Lipinski definition) is 4. The molecule has 4 N–H and O–H groups in total. The van der Waals surface area contributed by atoms with Gasteiger partial charge in [-0.25, -0.2) is 0 Å². The van der Waals surface area contributed by atoms with Crippen molar-refractivity contribution >= 4 is 0 Å². The minimum Gasteiger partial charge on any atom is -0.396 e. The summed E-state index contributed by atoms with van der Waals surface area (Å²) in [6.07, 6.45) is 7.07. The molecule has 2 unspecified atom stereocenters. The van der Waals surface area contributed by atoms with Crippen LogP contribution in [0.4, 0.5) is 0 Å². The van der Waals surface area contributed by atoms with Crippen LogP contribution in [-0.2, 0) is 0 Å². The molecule has 0 bridgehead atoms. The highest BCUT2D eigenvalue weighted by molar-refractivity contribution is 4.71. The summed E-state index contributed by atoms with van der Waals surface area (Å²) in [5, 5.41) is 34.3. The van der Waals surface area contributed by atoms with E-state index in [9.17, 15) is 0 Å². The average Bonchev–Trinajstić information content (AvgIpc) is 2.39. The summed E-state index contributed by atoms with van der Waals surface area (Å²) in [7, 11) is 0. The summed E-state index contributed by atoms with van der Waals surface area (Å²) in [6.45, 7) is 2.69. The number of aliphatic hydroxyl groups is 4. The summed E-state index contributed by atoms with van der Waals surface area (Å²) in [4.78, 5) is 0. The fourth-order valence-electron chi connectivity index (χ4n) is 2.31. The zero-order valence-electron chi connectivity index (χ0n) is 11.6. The molecule has 0 aromatic carbocycles. The maximum Gasteiger partial charge on any atom is 0.151 e. The van der Waals surface area contributed by atoms with Crippen LogP contribution in [0, 0.1) is 11.8 Å². The van der Waals surface area contributed by atoms with Crippen molar-refractivity contribution in [3.63, 3.8) is 0 Å². The Morgan fingerprint density at radius 3 is 1.94 bits per heavy atom. The van der Waals surface area contributed by atoms with Crippen molar-refractivity contribution in [3.05, 3.63) is 0 Å². The molecule has 4 heteroatoms. The number of unbranched alkanes of at least 4 members (excludes halogenated alkanes) is 2. The zero-order chi connectivity index (χ0) is 13.8. The van der Waals surface area contributed by atoms with Crippen molar-refractivity contribution in [2.75, 3.05) is 13.2 Å². The molecule has 0 spiro atoms. The molecule has 0 radical (unpaired) electrons. The first kappa shape index (κ1) is 17.8. The summed E-state index contributed by atoms with van der Waals surface area (Å²) in [6, 6.07) is 0. The number of rotatable bonds is 6. The summed E-state index contributed by atoms with van der Waals surface area (Å²) >= 11 is 0. The molecule has 18 heavy (non-hydrogen) atoms. The smallest absolute Gasteiger partial charge is 0.151 e. The van der Waals surface area contributed by atoms with Crippen LogP contribution in [0.3, 0.4) is 0 Å². The highest BCUT2D eigenvalue weighted by atomic mass is 16.5. The lowest BCUT2D eigenvalue weighted by atomic mass is 9.82. The van der Waals surface area contributed by atoms with Crippen LogP contribution in [0.2, 0.25) is 0 Å². The fourth-order valence-corrected chi connectivity index (χ4v) is 2.31. The van der Waals surface area contributed by atoms with E-state index in [1.54, 1.807) is 0 Å². The second-order valence-corrected chi connectivity index (χ2v) is 5.24. The third-order valence-corrected chi connectivity index (χ3v) is 3.47. The van der Waals surface area contributed by atoms with Gasteiger partial charge in [-0.15, -0.1) is 0 Å². The maximum atomic E-state index is 8.82. The third kappa shape index (κ3) is 9.83. The van der Waals surface area contributed by atoms with Gasteiger partial charge in [-0.1, -0.05) is 26.2 Å². The molecule has 1 fully saturated rings. The van der Waals surface area contributed by atoms with Gasteiger partial charge in [-0.05, 0) is 43.9 Å². The molecule has 110 valence electrons. The van der Waals surface area contributed by atoms with Crippen LogP contribution in [0.25, 0.3) is 0 Å². The lowest BCUT2D eigenvalue weighted by Gasteiger charge is -2.26. The minimum atomic E-state index is -1.10. The summed E-state index contributed by atoms with van der Waals surface area (Å²) < 4.78 is 0. The first-order valence-corrected chi connectivity index (χ1v) is 7.21. The standard InChI is InChI=1S/C8H16O2.C6H14O2/c9-5-7-2-1-3-8(4-7)6-10;1-2-3-4-5-6(7)8/h7-10H,1-6H2;6-8H,2-5H2,1H3. The van der Waals surface area contributed by atoms with Crippen molar-refractivity contribution in [3.8, 4) is 0 Å². The van der Waals surface area contributed by atoms with E-state index in [4.69, 9.17) is 20.4 Å². The van der Waals surface area contributed by atoms with Crippen molar-refractivity contribution < 1.29 is 20.4 Å². The molecule has 1 saturated carbocycles. The van der Waals surface area contributed by atoms with E-state index in [-0.39, 0.29) is 0 Å². The monoisotopic (exact) mass is 262 g/mol. The molecule has 0 aromatic heterocycles. The zero-order valence-corrected chi connectivity index (χ0v) is 11.6. The van der Waals surface area contributed by atoms with Crippen LogP contribution in [-0.4, -0.2) is 39.9 Å². The molecule has 0 amide bonds. The molecule has 0 aromatic rings. The normalized spacial score (nSPS) is 23.7. The molecule has 0 heterocycles. The SMILES string of the molecule is CCCCCC(O)O.OCC1CCCC(CO)C1. The van der Waals surface area contributed by atoms with Gasteiger partial charge < -0.3 is 20.4 Å². The van der Waals surface area contributed by atoms with Crippen molar-refractivity contribution in [2.24, 2.45) is 11.8 Å². The molecular formula is C14H30O4.